The van der Waals surface area contributed by atoms with Gasteiger partial charge in [-0.15, -0.1) is 0 Å². The third-order valence-electron chi connectivity index (χ3n) is 3.08. The highest BCUT2D eigenvalue weighted by Gasteiger charge is 2.22. The monoisotopic (exact) mass is 355 g/mol. The van der Waals surface area contributed by atoms with E-state index in [0.717, 1.165) is 28.8 Å². The number of carbonyl (C=O) groups is 1. The smallest absolute Gasteiger partial charge is 0.239 e. The Morgan fingerprint density at radius 1 is 1.17 bits per heavy atom. The van der Waals surface area contributed by atoms with Gasteiger partial charge in [0.2, 0.25) is 15.9 Å². The summed E-state index contributed by atoms with van der Waals surface area (Å²) in [4.78, 5) is 16.0. The summed E-state index contributed by atoms with van der Waals surface area (Å²) in [6, 6.07) is 8.08. The van der Waals surface area contributed by atoms with Crippen molar-refractivity contribution in [2.75, 3.05) is 18.1 Å². The molecule has 2 rings (SSSR count). The number of anilines is 1. The second-order valence-corrected chi connectivity index (χ2v) is 6.98. The van der Waals surface area contributed by atoms with Crippen LogP contribution in [0.25, 0.3) is 0 Å². The van der Waals surface area contributed by atoms with Crippen molar-refractivity contribution >= 4 is 21.6 Å². The number of nitrogens with one attached hydrogen (secondary N) is 1. The number of hydrogen-bond acceptors (Lipinski definition) is 4. The van der Waals surface area contributed by atoms with Gasteiger partial charge in [0.15, 0.2) is 0 Å². The van der Waals surface area contributed by atoms with E-state index in [4.69, 9.17) is 0 Å². The van der Waals surface area contributed by atoms with Crippen LogP contribution in [-0.2, 0) is 21.4 Å². The molecule has 128 valence electrons. The molecule has 2 aromatic rings. The highest BCUT2D eigenvalue weighted by atomic mass is 32.2. The largest absolute Gasteiger partial charge is 0.320 e. The highest BCUT2D eigenvalue weighted by molar-refractivity contribution is 7.88. The molecular formula is C15H15F2N3O3S. The zero-order chi connectivity index (χ0) is 17.7. The number of nitrogens with zero attached hydrogens (tertiary/aromatic N) is 2. The van der Waals surface area contributed by atoms with Crippen molar-refractivity contribution in [2.45, 2.75) is 6.54 Å². The van der Waals surface area contributed by atoms with Crippen LogP contribution in [0.2, 0.25) is 0 Å². The quantitative estimate of drug-likeness (QED) is 0.856. The Hall–Kier alpha value is -2.39. The minimum Gasteiger partial charge on any atom is -0.320 e. The molecule has 1 heterocycles. The van der Waals surface area contributed by atoms with E-state index in [1.165, 1.54) is 6.20 Å². The number of sulfonamides is 1. The molecule has 9 heteroatoms. The van der Waals surface area contributed by atoms with Crippen LogP contribution in [0.15, 0.2) is 42.6 Å². The minimum atomic E-state index is -3.73. The summed E-state index contributed by atoms with van der Waals surface area (Å²) in [5, 5.41) is 2.05. The molecule has 0 saturated heterocycles. The van der Waals surface area contributed by atoms with E-state index in [9.17, 15) is 22.0 Å². The molecule has 0 saturated carbocycles. The predicted octanol–water partition coefficient (Wildman–Crippen LogP) is 1.76. The van der Waals surface area contributed by atoms with Crippen LogP contribution in [0.1, 0.15) is 5.69 Å². The molecule has 0 atom stereocenters. The molecule has 0 bridgehead atoms. The SMILES string of the molecule is CS(=O)(=O)N(CC(=O)Nc1c(F)cccc1F)Cc1ccccn1. The Morgan fingerprint density at radius 2 is 1.83 bits per heavy atom. The standard InChI is InChI=1S/C15H15F2N3O3S/c1-24(22,23)20(9-11-5-2-3-8-18-11)10-14(21)19-15-12(16)6-4-7-13(15)17/h2-8H,9-10H2,1H3,(H,19,21). The van der Waals surface area contributed by atoms with Crippen molar-refractivity contribution in [2.24, 2.45) is 0 Å². The summed E-state index contributed by atoms with van der Waals surface area (Å²) >= 11 is 0. The van der Waals surface area contributed by atoms with Crippen LogP contribution >= 0.6 is 0 Å². The number of para-hydroxylation sites is 1. The van der Waals surface area contributed by atoms with Gasteiger partial charge < -0.3 is 5.32 Å². The molecular weight excluding hydrogens is 340 g/mol. The Kier molecular flexibility index (Phi) is 5.58. The first-order valence-electron chi connectivity index (χ1n) is 6.86. The van der Waals surface area contributed by atoms with Gasteiger partial charge in [0.25, 0.3) is 0 Å². The van der Waals surface area contributed by atoms with E-state index >= 15 is 0 Å². The molecule has 0 fully saturated rings. The Balaban J connectivity index is 2.13. The van der Waals surface area contributed by atoms with Gasteiger partial charge in [-0.05, 0) is 24.3 Å². The summed E-state index contributed by atoms with van der Waals surface area (Å²) in [6.45, 7) is -0.726. The first kappa shape index (κ1) is 18.0. The number of carbonyl (C=O) groups excluding carboxylic acids is 1. The van der Waals surface area contributed by atoms with Crippen molar-refractivity contribution in [3.8, 4) is 0 Å². The van der Waals surface area contributed by atoms with Crippen molar-refractivity contribution in [1.82, 2.24) is 9.29 Å². The summed E-state index contributed by atoms with van der Waals surface area (Å²) < 4.78 is 51.6. The van der Waals surface area contributed by atoms with Gasteiger partial charge in [-0.3, -0.25) is 9.78 Å². The molecule has 1 amide bonds. The van der Waals surface area contributed by atoms with E-state index in [1.54, 1.807) is 18.2 Å². The van der Waals surface area contributed by atoms with Crippen LogP contribution < -0.4 is 5.32 Å². The van der Waals surface area contributed by atoms with E-state index in [1.807, 2.05) is 0 Å². The van der Waals surface area contributed by atoms with Gasteiger partial charge in [-0.25, -0.2) is 17.2 Å². The lowest BCUT2D eigenvalue weighted by Crippen LogP contribution is -2.37. The molecule has 24 heavy (non-hydrogen) atoms. The average Bonchev–Trinajstić information content (AvgIpc) is 2.50. The molecule has 1 aromatic carbocycles. The fourth-order valence-corrected chi connectivity index (χ4v) is 2.64. The van der Waals surface area contributed by atoms with E-state index < -0.39 is 39.8 Å². The van der Waals surface area contributed by atoms with Gasteiger partial charge in [-0.1, -0.05) is 12.1 Å². The fourth-order valence-electron chi connectivity index (χ4n) is 1.92. The van der Waals surface area contributed by atoms with E-state index in [2.05, 4.69) is 10.3 Å². The Bertz CT molecular complexity index is 809. The molecule has 0 aliphatic carbocycles. The molecule has 1 N–H and O–H groups in total. The molecule has 0 aliphatic heterocycles. The van der Waals surface area contributed by atoms with Gasteiger partial charge >= 0.3 is 0 Å². The number of pyridine rings is 1. The molecule has 0 aliphatic rings. The zero-order valence-electron chi connectivity index (χ0n) is 12.7. The molecule has 0 radical (unpaired) electrons. The van der Waals surface area contributed by atoms with E-state index in [-0.39, 0.29) is 6.54 Å². The minimum absolute atomic E-state index is 0.132. The van der Waals surface area contributed by atoms with Crippen molar-refractivity contribution in [1.29, 1.82) is 0 Å². The Labute approximate surface area is 138 Å². The molecule has 0 spiro atoms. The van der Waals surface area contributed by atoms with Gasteiger partial charge in [0, 0.05) is 6.20 Å². The number of benzene rings is 1. The maximum atomic E-state index is 13.5. The number of rotatable bonds is 6. The molecule has 1 aromatic heterocycles. The third-order valence-corrected chi connectivity index (χ3v) is 4.28. The Morgan fingerprint density at radius 3 is 2.38 bits per heavy atom. The van der Waals surface area contributed by atoms with Crippen LogP contribution in [0.5, 0.6) is 0 Å². The summed E-state index contributed by atoms with van der Waals surface area (Å²) in [5.41, 5.74) is -0.179. The topological polar surface area (TPSA) is 79.4 Å². The summed E-state index contributed by atoms with van der Waals surface area (Å²) in [7, 11) is -3.73. The second-order valence-electron chi connectivity index (χ2n) is 5.00. The number of halogens is 2. The fraction of sp³-hybridized carbons (Fsp3) is 0.200. The maximum Gasteiger partial charge on any atom is 0.239 e. The lowest BCUT2D eigenvalue weighted by atomic mass is 10.3. The number of hydrogen-bond donors (Lipinski definition) is 1. The van der Waals surface area contributed by atoms with E-state index in [0.29, 0.717) is 5.69 Å². The summed E-state index contributed by atoms with van der Waals surface area (Å²) in [5.74, 6) is -2.75. The van der Waals surface area contributed by atoms with Crippen LogP contribution in [0, 0.1) is 11.6 Å². The third kappa shape index (κ3) is 4.80. The lowest BCUT2D eigenvalue weighted by molar-refractivity contribution is -0.116. The number of amides is 1. The van der Waals surface area contributed by atoms with Crippen LogP contribution in [0.4, 0.5) is 14.5 Å². The predicted molar refractivity (Wildman–Crippen MR) is 84.5 cm³/mol. The molecule has 6 nitrogen and oxygen atoms in total. The van der Waals surface area contributed by atoms with Gasteiger partial charge in [-0.2, -0.15) is 4.31 Å². The molecule has 0 unspecified atom stereocenters. The normalized spacial score (nSPS) is 11.5. The van der Waals surface area contributed by atoms with Gasteiger partial charge in [0.05, 0.1) is 25.0 Å². The van der Waals surface area contributed by atoms with Gasteiger partial charge in [0.1, 0.15) is 17.3 Å². The maximum absolute atomic E-state index is 13.5. The van der Waals surface area contributed by atoms with Crippen molar-refractivity contribution in [3.63, 3.8) is 0 Å². The average molecular weight is 355 g/mol. The zero-order valence-corrected chi connectivity index (χ0v) is 13.6. The summed E-state index contributed by atoms with van der Waals surface area (Å²) in [6.07, 6.45) is 2.43. The highest BCUT2D eigenvalue weighted by Crippen LogP contribution is 2.18. The number of aromatic nitrogens is 1. The van der Waals surface area contributed by atoms with Crippen LogP contribution in [-0.4, -0.2) is 36.4 Å². The first-order valence-corrected chi connectivity index (χ1v) is 8.71. The lowest BCUT2D eigenvalue weighted by Gasteiger charge is -2.19. The van der Waals surface area contributed by atoms with Crippen molar-refractivity contribution < 1.29 is 22.0 Å². The van der Waals surface area contributed by atoms with Crippen molar-refractivity contribution in [3.05, 3.63) is 59.9 Å². The first-order chi connectivity index (χ1) is 11.3. The second kappa shape index (κ2) is 7.45. The van der Waals surface area contributed by atoms with Crippen LogP contribution in [0.3, 0.4) is 0 Å².